The number of benzene rings is 3. The Labute approximate surface area is 204 Å². The van der Waals surface area contributed by atoms with Crippen molar-refractivity contribution >= 4 is 23.4 Å². The minimum atomic E-state index is -4.30. The first-order chi connectivity index (χ1) is 16.9. The molecule has 36 heavy (non-hydrogen) atoms. The summed E-state index contributed by atoms with van der Waals surface area (Å²) >= 11 is 0. The lowest BCUT2D eigenvalue weighted by molar-refractivity contribution is -0.185. The van der Waals surface area contributed by atoms with E-state index in [2.05, 4.69) is 0 Å². The largest absolute Gasteiger partial charge is 0.458 e. The quantitative estimate of drug-likeness (QED) is 0.155. The van der Waals surface area contributed by atoms with Gasteiger partial charge in [-0.1, -0.05) is 24.3 Å². The maximum Gasteiger partial charge on any atom is 0.426 e. The highest BCUT2D eigenvalue weighted by atomic mass is 19.4. The van der Waals surface area contributed by atoms with Gasteiger partial charge in [0.25, 0.3) is 0 Å². The molecule has 3 aromatic rings. The highest BCUT2D eigenvalue weighted by Gasteiger charge is 2.34. The number of nitrogens with two attached hydrogens (primary N) is 2. The summed E-state index contributed by atoms with van der Waals surface area (Å²) in [4.78, 5) is 11.9. The molecule has 0 saturated carbocycles. The molecule has 4 N–H and O–H groups in total. The fourth-order valence-corrected chi connectivity index (χ4v) is 3.20. The Morgan fingerprint density at radius 2 is 1.44 bits per heavy atom. The van der Waals surface area contributed by atoms with Gasteiger partial charge in [-0.05, 0) is 71.7 Å². The summed E-state index contributed by atoms with van der Waals surface area (Å²) < 4.78 is 75.9. The Bertz CT molecular complexity index is 1190. The van der Waals surface area contributed by atoms with E-state index in [1.807, 2.05) is 0 Å². The van der Waals surface area contributed by atoms with E-state index in [9.17, 15) is 26.7 Å². The molecular weight excluding hydrogens is 483 g/mol. The van der Waals surface area contributed by atoms with Gasteiger partial charge in [0.15, 0.2) is 0 Å². The van der Waals surface area contributed by atoms with Gasteiger partial charge in [0.1, 0.15) is 12.4 Å². The molecule has 0 aliphatic heterocycles. The van der Waals surface area contributed by atoms with Crippen molar-refractivity contribution in [3.63, 3.8) is 0 Å². The smallest absolute Gasteiger partial charge is 0.426 e. The molecule has 0 aliphatic rings. The van der Waals surface area contributed by atoms with Crippen LogP contribution in [0.2, 0.25) is 0 Å². The van der Waals surface area contributed by atoms with Crippen LogP contribution in [0.1, 0.15) is 28.7 Å². The van der Waals surface area contributed by atoms with Crippen LogP contribution in [0.3, 0.4) is 0 Å². The fourth-order valence-electron chi connectivity index (χ4n) is 3.20. The van der Waals surface area contributed by atoms with Gasteiger partial charge >= 0.3 is 18.3 Å². The topological polar surface area (TPSA) is 87.6 Å². The first-order valence-corrected chi connectivity index (χ1v) is 10.7. The number of esters is 1. The van der Waals surface area contributed by atoms with Gasteiger partial charge < -0.3 is 20.9 Å². The molecule has 0 aliphatic carbocycles. The lowest BCUT2D eigenvalue weighted by Crippen LogP contribution is -2.21. The Balaban J connectivity index is 1.54. The fraction of sp³-hybridized carbons (Fsp3) is 0.192. The lowest BCUT2D eigenvalue weighted by atomic mass is 10.1. The molecule has 0 unspecified atom stereocenters. The molecule has 3 aromatic carbocycles. The third-order valence-electron chi connectivity index (χ3n) is 4.94. The summed E-state index contributed by atoms with van der Waals surface area (Å²) in [5.74, 6) is -0.836. The summed E-state index contributed by atoms with van der Waals surface area (Å²) in [6.45, 7) is -0.0375. The summed E-state index contributed by atoms with van der Waals surface area (Å²) in [7, 11) is 0. The molecule has 3 rings (SSSR count). The Morgan fingerprint density at radius 1 is 0.833 bits per heavy atom. The first-order valence-electron chi connectivity index (χ1n) is 10.7. The molecular formula is C26H23F5N2O3. The van der Waals surface area contributed by atoms with Crippen LogP contribution in [0.25, 0.3) is 6.08 Å². The van der Waals surface area contributed by atoms with Gasteiger partial charge in [-0.25, -0.2) is 4.79 Å². The normalized spacial score (nSPS) is 12.0. The number of nitrogen functional groups attached to an aromatic ring is 2. The molecule has 0 spiro atoms. The van der Waals surface area contributed by atoms with Crippen LogP contribution in [0.4, 0.5) is 33.3 Å². The van der Waals surface area contributed by atoms with Crippen LogP contribution in [0.5, 0.6) is 5.75 Å². The van der Waals surface area contributed by atoms with E-state index >= 15 is 0 Å². The molecule has 0 amide bonds. The Kier molecular flexibility index (Phi) is 8.18. The van der Waals surface area contributed by atoms with Gasteiger partial charge in [0.05, 0.1) is 5.56 Å². The van der Waals surface area contributed by atoms with Crippen LogP contribution >= 0.6 is 0 Å². The van der Waals surface area contributed by atoms with Crippen molar-refractivity contribution < 1.29 is 36.2 Å². The minimum absolute atomic E-state index is 0.0375. The molecule has 0 aromatic heterocycles. The number of alkyl halides is 5. The van der Waals surface area contributed by atoms with Gasteiger partial charge in [-0.2, -0.15) is 22.0 Å². The Hall–Kier alpha value is -4.08. The van der Waals surface area contributed by atoms with Crippen LogP contribution < -0.4 is 16.2 Å². The maximum atomic E-state index is 14.5. The predicted octanol–water partition coefficient (Wildman–Crippen LogP) is 6.23. The molecule has 0 bridgehead atoms. The van der Waals surface area contributed by atoms with E-state index in [1.165, 1.54) is 42.5 Å². The second-order valence-electron chi connectivity index (χ2n) is 7.95. The number of hydrogen-bond donors (Lipinski definition) is 2. The van der Waals surface area contributed by atoms with Crippen LogP contribution in [-0.2, 0) is 28.7 Å². The zero-order valence-corrected chi connectivity index (χ0v) is 18.9. The highest BCUT2D eigenvalue weighted by molar-refractivity contribution is 5.87. The van der Waals surface area contributed by atoms with Crippen LogP contribution in [-0.4, -0.2) is 12.1 Å². The standard InChI is InChI=1S/C26H23F5N2O3/c27-25(28,29)12-11-18-3-8-23(9-4-18)36-26(30,31)20-6-1-17(2-7-20)5-10-24(34)35-16-19-13-21(32)15-22(33)14-19/h1-10,13-15H,11-12,16,32-33H2/b10-5+. The number of rotatable bonds is 9. The second kappa shape index (κ2) is 11.1. The molecule has 0 atom stereocenters. The highest BCUT2D eigenvalue weighted by Crippen LogP contribution is 2.32. The van der Waals surface area contributed by atoms with E-state index < -0.39 is 30.2 Å². The van der Waals surface area contributed by atoms with E-state index in [1.54, 1.807) is 18.2 Å². The van der Waals surface area contributed by atoms with Crippen molar-refractivity contribution in [1.29, 1.82) is 0 Å². The number of aryl methyl sites for hydroxylation is 1. The van der Waals surface area contributed by atoms with Crippen molar-refractivity contribution in [1.82, 2.24) is 0 Å². The maximum absolute atomic E-state index is 14.5. The van der Waals surface area contributed by atoms with Crippen molar-refractivity contribution in [3.05, 3.63) is 95.1 Å². The molecule has 5 nitrogen and oxygen atoms in total. The number of anilines is 2. The second-order valence-corrected chi connectivity index (χ2v) is 7.95. The summed E-state index contributed by atoms with van der Waals surface area (Å²) in [6.07, 6.45) is -6.68. The van der Waals surface area contributed by atoms with E-state index in [0.29, 0.717) is 28.1 Å². The Morgan fingerprint density at radius 3 is 2.03 bits per heavy atom. The average molecular weight is 506 g/mol. The monoisotopic (exact) mass is 506 g/mol. The lowest BCUT2D eigenvalue weighted by Gasteiger charge is -2.18. The molecule has 0 fully saturated rings. The van der Waals surface area contributed by atoms with Gasteiger partial charge in [-0.3, -0.25) is 0 Å². The number of halogens is 5. The van der Waals surface area contributed by atoms with Crippen molar-refractivity contribution in [2.24, 2.45) is 0 Å². The number of carbonyl (C=O) groups excluding carboxylic acids is 1. The van der Waals surface area contributed by atoms with E-state index in [4.69, 9.17) is 20.9 Å². The van der Waals surface area contributed by atoms with E-state index in [-0.39, 0.29) is 18.8 Å². The molecule has 0 saturated heterocycles. The predicted molar refractivity (Wildman–Crippen MR) is 126 cm³/mol. The van der Waals surface area contributed by atoms with Crippen LogP contribution in [0, 0.1) is 0 Å². The summed E-state index contributed by atoms with van der Waals surface area (Å²) in [5.41, 5.74) is 13.3. The summed E-state index contributed by atoms with van der Waals surface area (Å²) in [6, 6.07) is 14.8. The third-order valence-corrected chi connectivity index (χ3v) is 4.94. The van der Waals surface area contributed by atoms with Crippen molar-refractivity contribution in [3.8, 4) is 5.75 Å². The minimum Gasteiger partial charge on any atom is -0.458 e. The van der Waals surface area contributed by atoms with Gasteiger partial charge in [0, 0.05) is 23.9 Å². The van der Waals surface area contributed by atoms with Crippen LogP contribution in [0.15, 0.2) is 72.8 Å². The molecule has 0 heterocycles. The number of carbonyl (C=O) groups is 1. The average Bonchev–Trinajstić information content (AvgIpc) is 2.80. The SMILES string of the molecule is Nc1cc(N)cc(COC(=O)/C=C/c2ccc(C(F)(F)Oc3ccc(CCC(F)(F)F)cc3)cc2)c1. The zero-order chi connectivity index (χ0) is 26.3. The summed E-state index contributed by atoms with van der Waals surface area (Å²) in [5, 5.41) is 0. The zero-order valence-electron chi connectivity index (χ0n) is 18.9. The van der Waals surface area contributed by atoms with Crippen molar-refractivity contribution in [2.45, 2.75) is 31.7 Å². The van der Waals surface area contributed by atoms with Crippen molar-refractivity contribution in [2.75, 3.05) is 11.5 Å². The first kappa shape index (κ1) is 26.5. The van der Waals surface area contributed by atoms with Gasteiger partial charge in [0.2, 0.25) is 0 Å². The van der Waals surface area contributed by atoms with Gasteiger partial charge in [-0.15, -0.1) is 0 Å². The number of ether oxygens (including phenoxy) is 2. The molecule has 0 radical (unpaired) electrons. The third kappa shape index (κ3) is 8.30. The molecule has 190 valence electrons. The molecule has 10 heteroatoms. The number of hydrogen-bond acceptors (Lipinski definition) is 5. The van der Waals surface area contributed by atoms with E-state index in [0.717, 1.165) is 18.2 Å².